The van der Waals surface area contributed by atoms with Crippen LogP contribution < -0.4 is 15.0 Å². The van der Waals surface area contributed by atoms with Crippen molar-refractivity contribution in [1.29, 1.82) is 0 Å². The van der Waals surface area contributed by atoms with Crippen LogP contribution in [0.3, 0.4) is 0 Å². The van der Waals surface area contributed by atoms with E-state index in [9.17, 15) is 26.7 Å². The zero-order valence-corrected chi connectivity index (χ0v) is 24.7. The minimum Gasteiger partial charge on any atom is -0.406 e. The summed E-state index contributed by atoms with van der Waals surface area (Å²) in [5.74, 6) is -0.388. The van der Waals surface area contributed by atoms with E-state index in [0.717, 1.165) is 40.8 Å². The van der Waals surface area contributed by atoms with Crippen molar-refractivity contribution in [1.82, 2.24) is 24.6 Å². The highest BCUT2D eigenvalue weighted by molar-refractivity contribution is 8.12. The number of carbonyl (C=O) groups is 1. The smallest absolute Gasteiger partial charge is 0.406 e. The average molecular weight is 635 g/mol. The van der Waals surface area contributed by atoms with Gasteiger partial charge >= 0.3 is 6.36 Å². The van der Waals surface area contributed by atoms with Crippen molar-refractivity contribution in [3.05, 3.63) is 72.2 Å². The van der Waals surface area contributed by atoms with E-state index in [1.807, 2.05) is 17.0 Å². The number of nitrogens with one attached hydrogen (secondary N) is 1. The Hall–Kier alpha value is -3.66. The normalized spacial score (nSPS) is 19.1. The zero-order chi connectivity index (χ0) is 30.4. The third-order valence-corrected chi connectivity index (χ3v) is 11.6. The van der Waals surface area contributed by atoms with E-state index >= 15 is 0 Å². The molecule has 1 aliphatic carbocycles. The molecule has 15 heteroatoms. The maximum Gasteiger partial charge on any atom is 0.573 e. The fourth-order valence-electron chi connectivity index (χ4n) is 5.20. The van der Waals surface area contributed by atoms with Crippen molar-refractivity contribution in [2.45, 2.75) is 42.6 Å². The third-order valence-electron chi connectivity index (χ3n) is 7.61. The molecule has 2 aromatic heterocycles. The maximum absolute atomic E-state index is 14.4. The van der Waals surface area contributed by atoms with Crippen LogP contribution in [0.4, 0.5) is 18.3 Å². The van der Waals surface area contributed by atoms with Crippen molar-refractivity contribution in [3.63, 3.8) is 0 Å². The first-order valence-electron chi connectivity index (χ1n) is 13.5. The van der Waals surface area contributed by atoms with E-state index < -0.39 is 33.6 Å². The molecular weight excluding hydrogens is 605 g/mol. The molecule has 0 radical (unpaired) electrons. The van der Waals surface area contributed by atoms with E-state index in [1.165, 1.54) is 40.4 Å². The van der Waals surface area contributed by atoms with Gasteiger partial charge in [0.2, 0.25) is 5.91 Å². The SMILES string of the molecule is CS(=O)(O)(c1ccc(OC(F)(F)F)cc1)N1CCN(c2nc3ncncc3s2)C[C@@H]1C(=O)NCc1ccc(C2CC2)cc1. The van der Waals surface area contributed by atoms with Crippen LogP contribution in [0.15, 0.2) is 66.0 Å². The lowest BCUT2D eigenvalue weighted by Gasteiger charge is -2.54. The number of rotatable bonds is 8. The molecule has 1 saturated heterocycles. The summed E-state index contributed by atoms with van der Waals surface area (Å²) < 4.78 is 70.1. The Labute approximate surface area is 249 Å². The Morgan fingerprint density at radius 2 is 1.86 bits per heavy atom. The molecule has 0 bridgehead atoms. The molecule has 10 nitrogen and oxygen atoms in total. The van der Waals surface area contributed by atoms with Crippen molar-refractivity contribution in [2.75, 3.05) is 30.8 Å². The van der Waals surface area contributed by atoms with Crippen LogP contribution in [0.25, 0.3) is 10.3 Å². The van der Waals surface area contributed by atoms with Crippen molar-refractivity contribution < 1.29 is 31.5 Å². The fraction of sp³-hybridized carbons (Fsp3) is 0.357. The summed E-state index contributed by atoms with van der Waals surface area (Å²) in [6, 6.07) is 11.1. The van der Waals surface area contributed by atoms with Crippen molar-refractivity contribution >= 4 is 42.3 Å². The van der Waals surface area contributed by atoms with E-state index in [1.54, 1.807) is 6.20 Å². The number of alkyl halides is 3. The summed E-state index contributed by atoms with van der Waals surface area (Å²) in [5.41, 5.74) is 2.67. The van der Waals surface area contributed by atoms with Gasteiger partial charge in [-0.3, -0.25) is 9.35 Å². The molecule has 2 N–H and O–H groups in total. The topological polar surface area (TPSA) is 121 Å². The summed E-state index contributed by atoms with van der Waals surface area (Å²) in [6.45, 7) is 0.514. The number of nitrogens with zero attached hydrogens (tertiary/aromatic N) is 5. The van der Waals surface area contributed by atoms with Gasteiger partial charge < -0.3 is 15.0 Å². The van der Waals surface area contributed by atoms with Crippen molar-refractivity contribution in [2.24, 2.45) is 0 Å². The van der Waals surface area contributed by atoms with Gasteiger partial charge in [0, 0.05) is 38.6 Å². The van der Waals surface area contributed by atoms with E-state index in [2.05, 4.69) is 37.1 Å². The van der Waals surface area contributed by atoms with Gasteiger partial charge in [-0.25, -0.2) is 9.97 Å². The number of anilines is 1. The molecule has 1 amide bonds. The van der Waals surface area contributed by atoms with Gasteiger partial charge in [0.15, 0.2) is 10.8 Å². The van der Waals surface area contributed by atoms with E-state index in [0.29, 0.717) is 16.7 Å². The first kappa shape index (κ1) is 29.4. The van der Waals surface area contributed by atoms with Crippen LogP contribution in [-0.4, -0.2) is 72.2 Å². The molecule has 228 valence electrons. The number of ether oxygens (including phenoxy) is 1. The van der Waals surface area contributed by atoms with Gasteiger partial charge in [-0.15, -0.1) is 22.7 Å². The molecule has 3 heterocycles. The highest BCUT2D eigenvalue weighted by Gasteiger charge is 2.44. The van der Waals surface area contributed by atoms with Crippen LogP contribution in [-0.2, 0) is 20.9 Å². The number of amides is 1. The lowest BCUT2D eigenvalue weighted by atomic mass is 10.1. The van der Waals surface area contributed by atoms with Crippen LogP contribution in [0.1, 0.15) is 29.9 Å². The van der Waals surface area contributed by atoms with Crippen LogP contribution in [0, 0.1) is 0 Å². The van der Waals surface area contributed by atoms with Gasteiger partial charge in [0.05, 0.1) is 9.60 Å². The first-order valence-corrected chi connectivity index (χ1v) is 16.7. The average Bonchev–Trinajstić information content (AvgIpc) is 3.73. The lowest BCUT2D eigenvalue weighted by molar-refractivity contribution is -0.274. The summed E-state index contributed by atoms with van der Waals surface area (Å²) in [5, 5.41) is 3.51. The molecule has 2 aliphatic rings. The molecule has 1 aliphatic heterocycles. The number of halogens is 3. The van der Waals surface area contributed by atoms with Gasteiger partial charge in [-0.05, 0) is 54.2 Å². The second-order valence-corrected chi connectivity index (χ2v) is 15.2. The molecule has 43 heavy (non-hydrogen) atoms. The Kier molecular flexibility index (Phi) is 7.39. The predicted octanol–water partition coefficient (Wildman–Crippen LogP) is 4.57. The van der Waals surface area contributed by atoms with Crippen LogP contribution in [0.5, 0.6) is 5.75 Å². The fourth-order valence-corrected chi connectivity index (χ4v) is 8.44. The second-order valence-electron chi connectivity index (χ2n) is 10.8. The van der Waals surface area contributed by atoms with E-state index in [4.69, 9.17) is 0 Å². The Morgan fingerprint density at radius 3 is 2.51 bits per heavy atom. The number of piperazine rings is 1. The number of hydrogen-bond acceptors (Lipinski definition) is 8. The molecule has 6 rings (SSSR count). The third kappa shape index (κ3) is 6.34. The maximum atomic E-state index is 14.4. The van der Waals surface area contributed by atoms with E-state index in [-0.39, 0.29) is 31.1 Å². The largest absolute Gasteiger partial charge is 0.573 e. The summed E-state index contributed by atoms with van der Waals surface area (Å²) in [7, 11) is -4.94. The number of benzene rings is 2. The summed E-state index contributed by atoms with van der Waals surface area (Å²) in [6.07, 6.45) is 1.61. The number of fused-ring (bicyclic) bond motifs is 1. The monoisotopic (exact) mass is 634 g/mol. The molecular formula is C28H29F3N6O4S2. The second kappa shape index (κ2) is 10.8. The standard InChI is InChI=1S/C28H29F3N6O4S2/c1-43(39,40,22-10-8-21(9-11-22)41-28(29,30)31)37-13-12-36(27-35-25-24(42-27)15-32-17-34-25)16-23(37)26(38)33-14-18-2-4-19(5-3-18)20-6-7-20/h2-5,8-11,15,17,20,23H,6-7,12-14,16H2,1H3,(H,33,38)(H,39,40)/t23-/m1/s1. The number of aromatic nitrogens is 3. The van der Waals surface area contributed by atoms with Gasteiger partial charge in [-0.2, -0.15) is 13.5 Å². The molecule has 1 atom stereocenters. The van der Waals surface area contributed by atoms with Gasteiger partial charge in [0.25, 0.3) is 0 Å². The number of hydrogen-bond donors (Lipinski definition) is 2. The Bertz CT molecular complexity index is 1670. The number of thiazole rings is 1. The zero-order valence-electron chi connectivity index (χ0n) is 23.0. The molecule has 4 aromatic rings. The quantitative estimate of drug-likeness (QED) is 0.289. The molecule has 1 saturated carbocycles. The van der Waals surface area contributed by atoms with Crippen LogP contribution in [0.2, 0.25) is 0 Å². The minimum atomic E-state index is -4.94. The predicted molar refractivity (Wildman–Crippen MR) is 156 cm³/mol. The highest BCUT2D eigenvalue weighted by Crippen LogP contribution is 2.41. The highest BCUT2D eigenvalue weighted by atomic mass is 32.3. The molecule has 0 unspecified atom stereocenters. The molecule has 0 spiro atoms. The van der Waals surface area contributed by atoms with Crippen molar-refractivity contribution in [3.8, 4) is 5.75 Å². The Morgan fingerprint density at radius 1 is 1.14 bits per heavy atom. The molecule has 2 fully saturated rings. The first-order chi connectivity index (χ1) is 20.3. The Balaban J connectivity index is 1.27. The van der Waals surface area contributed by atoms with Gasteiger partial charge in [-0.1, -0.05) is 35.6 Å². The number of carbonyl (C=O) groups excluding carboxylic acids is 1. The van der Waals surface area contributed by atoms with Gasteiger partial charge in [0.1, 0.15) is 18.1 Å². The minimum absolute atomic E-state index is 0.00501. The summed E-state index contributed by atoms with van der Waals surface area (Å²) >= 11 is 1.35. The van der Waals surface area contributed by atoms with Crippen LogP contribution >= 0.6 is 11.3 Å². The molecule has 2 aromatic carbocycles. The lowest BCUT2D eigenvalue weighted by Crippen LogP contribution is -2.66. The summed E-state index contributed by atoms with van der Waals surface area (Å²) in [4.78, 5) is 28.2.